The smallest absolute Gasteiger partial charge is 0.266 e. The lowest BCUT2D eigenvalue weighted by atomic mass is 10.1. The number of imide groups is 2. The van der Waals surface area contributed by atoms with Crippen LogP contribution >= 0.6 is 15.9 Å². The molecule has 0 unspecified atom stereocenters. The molecule has 0 radical (unpaired) electrons. The summed E-state index contributed by atoms with van der Waals surface area (Å²) in [6.07, 6.45) is 0. The highest BCUT2D eigenvalue weighted by atomic mass is 79.9. The number of hydrogen-bond acceptors (Lipinski definition) is 6. The lowest BCUT2D eigenvalue weighted by Gasteiger charge is -2.25. The van der Waals surface area contributed by atoms with Crippen LogP contribution in [0.1, 0.15) is 47.0 Å². The van der Waals surface area contributed by atoms with Crippen LogP contribution in [0.2, 0.25) is 0 Å². The highest BCUT2D eigenvalue weighted by molar-refractivity contribution is 9.08. The molecule has 158 valence electrons. The zero-order chi connectivity index (χ0) is 22.7. The van der Waals surface area contributed by atoms with Crippen molar-refractivity contribution in [3.05, 3.63) is 82.4 Å². The molecule has 32 heavy (non-hydrogen) atoms. The van der Waals surface area contributed by atoms with Gasteiger partial charge in [-0.05, 0) is 30.3 Å². The lowest BCUT2D eigenvalue weighted by molar-refractivity contribution is 0.0912. The van der Waals surface area contributed by atoms with Gasteiger partial charge in [0.15, 0.2) is 0 Å². The van der Waals surface area contributed by atoms with E-state index in [2.05, 4.69) is 15.9 Å². The number of halogens is 1. The maximum absolute atomic E-state index is 13.1. The van der Waals surface area contributed by atoms with Crippen molar-refractivity contribution in [2.24, 2.45) is 0 Å². The normalized spacial score (nSPS) is 14.9. The number of benzene rings is 3. The van der Waals surface area contributed by atoms with E-state index < -0.39 is 23.6 Å². The van der Waals surface area contributed by atoms with E-state index in [1.807, 2.05) is 0 Å². The first-order valence-corrected chi connectivity index (χ1v) is 10.7. The van der Waals surface area contributed by atoms with Crippen LogP contribution in [0.5, 0.6) is 0 Å². The highest BCUT2D eigenvalue weighted by Gasteiger charge is 2.42. The van der Waals surface area contributed by atoms with Crippen LogP contribution in [-0.2, 0) is 5.33 Å². The van der Waals surface area contributed by atoms with E-state index in [1.165, 1.54) is 6.07 Å². The minimum Gasteiger partial charge on any atom is -0.398 e. The first-order valence-electron chi connectivity index (χ1n) is 9.59. The molecule has 0 saturated heterocycles. The van der Waals surface area contributed by atoms with Gasteiger partial charge in [-0.3, -0.25) is 19.2 Å². The van der Waals surface area contributed by atoms with E-state index in [1.54, 1.807) is 48.5 Å². The van der Waals surface area contributed by atoms with Gasteiger partial charge in [0.05, 0.1) is 39.3 Å². The van der Waals surface area contributed by atoms with Crippen molar-refractivity contribution in [2.75, 3.05) is 21.3 Å². The van der Waals surface area contributed by atoms with Gasteiger partial charge in [-0.1, -0.05) is 40.2 Å². The highest BCUT2D eigenvalue weighted by Crippen LogP contribution is 2.45. The molecule has 0 aliphatic carbocycles. The van der Waals surface area contributed by atoms with Crippen LogP contribution < -0.4 is 21.3 Å². The zero-order valence-electron chi connectivity index (χ0n) is 16.5. The number of fused-ring (bicyclic) bond motifs is 2. The topological polar surface area (TPSA) is 127 Å². The van der Waals surface area contributed by atoms with Crippen molar-refractivity contribution < 1.29 is 19.2 Å². The average molecular weight is 491 g/mol. The summed E-state index contributed by atoms with van der Waals surface area (Å²) in [6.45, 7) is 0. The molecule has 0 saturated carbocycles. The second-order valence-corrected chi connectivity index (χ2v) is 7.90. The van der Waals surface area contributed by atoms with Crippen molar-refractivity contribution in [2.45, 2.75) is 5.33 Å². The van der Waals surface area contributed by atoms with Crippen molar-refractivity contribution in [3.63, 3.8) is 0 Å². The zero-order valence-corrected chi connectivity index (χ0v) is 18.0. The molecular formula is C23H15BrN4O4. The lowest BCUT2D eigenvalue weighted by Crippen LogP contribution is -2.34. The third kappa shape index (κ3) is 2.54. The first-order chi connectivity index (χ1) is 15.4. The van der Waals surface area contributed by atoms with Gasteiger partial charge in [-0.2, -0.15) is 0 Å². The summed E-state index contributed by atoms with van der Waals surface area (Å²) in [4.78, 5) is 54.2. The summed E-state index contributed by atoms with van der Waals surface area (Å²) in [7, 11) is 0. The average Bonchev–Trinajstić information content (AvgIpc) is 3.20. The summed E-state index contributed by atoms with van der Waals surface area (Å²) in [5, 5.41) is 0.189. The van der Waals surface area contributed by atoms with Gasteiger partial charge >= 0.3 is 0 Å². The summed E-state index contributed by atoms with van der Waals surface area (Å²) >= 11 is 3.34. The fourth-order valence-electron chi connectivity index (χ4n) is 4.11. The minimum absolute atomic E-state index is 0.0185. The van der Waals surface area contributed by atoms with E-state index in [0.717, 1.165) is 9.80 Å². The Balaban J connectivity index is 1.72. The van der Waals surface area contributed by atoms with Crippen molar-refractivity contribution in [1.82, 2.24) is 0 Å². The number of alkyl halides is 1. The Kier molecular flexibility index (Phi) is 4.38. The molecular weight excluding hydrogens is 476 g/mol. The van der Waals surface area contributed by atoms with Gasteiger partial charge in [0.25, 0.3) is 23.6 Å². The van der Waals surface area contributed by atoms with Crippen LogP contribution in [0.4, 0.5) is 22.7 Å². The van der Waals surface area contributed by atoms with Crippen LogP contribution in [-0.4, -0.2) is 23.6 Å². The van der Waals surface area contributed by atoms with E-state index in [9.17, 15) is 19.2 Å². The minimum atomic E-state index is -0.559. The van der Waals surface area contributed by atoms with Gasteiger partial charge < -0.3 is 11.5 Å². The molecule has 2 aliphatic heterocycles. The van der Waals surface area contributed by atoms with Crippen molar-refractivity contribution in [1.29, 1.82) is 0 Å². The second kappa shape index (κ2) is 7.03. The van der Waals surface area contributed by atoms with Gasteiger partial charge in [0.2, 0.25) is 0 Å². The summed E-state index contributed by atoms with van der Waals surface area (Å²) in [5.41, 5.74) is 14.2. The Morgan fingerprint density at radius 3 is 1.50 bits per heavy atom. The number of rotatable bonds is 3. The SMILES string of the molecule is Nc1cc(N2C(=O)c3ccccc3C2=O)c(N)c(N2C(=O)c3ccccc3C2=O)c1CBr. The summed E-state index contributed by atoms with van der Waals surface area (Å²) < 4.78 is 0. The molecule has 5 rings (SSSR count). The maximum atomic E-state index is 13.1. The van der Waals surface area contributed by atoms with E-state index >= 15 is 0 Å². The van der Waals surface area contributed by atoms with Gasteiger partial charge in [-0.25, -0.2) is 9.80 Å². The van der Waals surface area contributed by atoms with Crippen LogP contribution in [0, 0.1) is 0 Å². The fraction of sp³-hybridized carbons (Fsp3) is 0.0435. The molecule has 0 fully saturated rings. The Hall–Kier alpha value is -3.98. The molecule has 0 aromatic heterocycles. The second-order valence-electron chi connectivity index (χ2n) is 7.34. The molecule has 4 N–H and O–H groups in total. The molecule has 0 atom stereocenters. The maximum Gasteiger partial charge on any atom is 0.266 e. The largest absolute Gasteiger partial charge is 0.398 e. The summed E-state index contributed by atoms with van der Waals surface area (Å²) in [6, 6.07) is 14.2. The predicted molar refractivity (Wildman–Crippen MR) is 123 cm³/mol. The van der Waals surface area contributed by atoms with Crippen LogP contribution in [0.3, 0.4) is 0 Å². The number of nitrogens with zero attached hydrogens (tertiary/aromatic N) is 2. The van der Waals surface area contributed by atoms with Gasteiger partial charge in [-0.15, -0.1) is 0 Å². The summed E-state index contributed by atoms with van der Waals surface area (Å²) in [5.74, 6) is -2.23. The third-order valence-electron chi connectivity index (χ3n) is 5.64. The Morgan fingerprint density at radius 1 is 0.688 bits per heavy atom. The Morgan fingerprint density at radius 2 is 1.09 bits per heavy atom. The molecule has 2 aliphatic rings. The van der Waals surface area contributed by atoms with Crippen LogP contribution in [0.15, 0.2) is 54.6 Å². The fourth-order valence-corrected chi connectivity index (χ4v) is 4.70. The molecule has 0 bridgehead atoms. The number of amides is 4. The Labute approximate surface area is 190 Å². The van der Waals surface area contributed by atoms with E-state index in [4.69, 9.17) is 11.5 Å². The number of hydrogen-bond donors (Lipinski definition) is 2. The molecule has 3 aromatic carbocycles. The van der Waals surface area contributed by atoms with Crippen LogP contribution in [0.25, 0.3) is 0 Å². The quantitative estimate of drug-likeness (QED) is 0.329. The Bertz CT molecular complexity index is 1310. The number of carbonyl (C=O) groups excluding carboxylic acids is 4. The van der Waals surface area contributed by atoms with Gasteiger partial charge in [0, 0.05) is 16.6 Å². The standard InChI is InChI=1S/C23H15BrN4O4/c24-10-15-16(25)9-17(27-20(29)11-5-1-2-6-12(11)21(27)30)18(26)19(15)28-22(31)13-7-3-4-8-14(13)23(28)32/h1-9H,10,25-26H2. The van der Waals surface area contributed by atoms with Crippen molar-refractivity contribution >= 4 is 62.3 Å². The van der Waals surface area contributed by atoms with Crippen molar-refractivity contribution in [3.8, 4) is 0 Å². The third-order valence-corrected chi connectivity index (χ3v) is 6.20. The number of nitrogens with two attached hydrogens (primary N) is 2. The molecule has 0 spiro atoms. The monoisotopic (exact) mass is 490 g/mol. The molecule has 8 nitrogen and oxygen atoms in total. The molecule has 3 aromatic rings. The van der Waals surface area contributed by atoms with E-state index in [-0.39, 0.29) is 50.3 Å². The number of nitrogen functional groups attached to an aromatic ring is 2. The number of carbonyl (C=O) groups is 4. The van der Waals surface area contributed by atoms with Gasteiger partial charge in [0.1, 0.15) is 0 Å². The molecule has 2 heterocycles. The van der Waals surface area contributed by atoms with E-state index in [0.29, 0.717) is 5.56 Å². The number of anilines is 4. The molecule has 9 heteroatoms. The molecule has 4 amide bonds. The predicted octanol–water partition coefficient (Wildman–Crippen LogP) is 3.35. The first kappa shape index (κ1) is 20.0.